The third kappa shape index (κ3) is 3.79. The largest absolute Gasteiger partial charge is 0.495 e. The lowest BCUT2D eigenvalue weighted by atomic mass is 10.1. The maximum absolute atomic E-state index is 13.0. The van der Waals surface area contributed by atoms with E-state index in [4.69, 9.17) is 9.15 Å². The Morgan fingerprint density at radius 2 is 1.67 bits per heavy atom. The predicted octanol–water partition coefficient (Wildman–Crippen LogP) is 4.58. The molecule has 1 heterocycles. The molecule has 0 saturated heterocycles. The summed E-state index contributed by atoms with van der Waals surface area (Å²) in [6.07, 6.45) is 0. The number of fused-ring (bicyclic) bond motifs is 1. The molecule has 0 unspecified atom stereocenters. The number of benzene rings is 3. The lowest BCUT2D eigenvalue weighted by Gasteiger charge is -2.13. The molecular formula is C23H19NO5S. The highest BCUT2D eigenvalue weighted by Crippen LogP contribution is 2.31. The van der Waals surface area contributed by atoms with E-state index in [0.29, 0.717) is 22.2 Å². The van der Waals surface area contributed by atoms with Crippen molar-refractivity contribution in [3.8, 4) is 17.1 Å². The van der Waals surface area contributed by atoms with E-state index in [0.717, 1.165) is 5.56 Å². The number of hydrogen-bond donors (Lipinski definition) is 1. The number of nitrogens with one attached hydrogen (secondary N) is 1. The lowest BCUT2D eigenvalue weighted by Crippen LogP contribution is -2.14. The SMILES string of the molecule is COc1ccc(-c2cc(=O)c3ccccc3o2)cc1S(=O)(=O)Nc1ccc(C)cc1. The van der Waals surface area contributed by atoms with Crippen LogP contribution >= 0.6 is 0 Å². The minimum absolute atomic E-state index is 0.0566. The molecule has 0 bridgehead atoms. The molecule has 0 aliphatic heterocycles. The summed E-state index contributed by atoms with van der Waals surface area (Å²) in [5.41, 5.74) is 2.12. The van der Waals surface area contributed by atoms with Crippen molar-refractivity contribution in [2.45, 2.75) is 11.8 Å². The van der Waals surface area contributed by atoms with Gasteiger partial charge in [0.15, 0.2) is 5.43 Å². The van der Waals surface area contributed by atoms with Crippen LogP contribution in [-0.2, 0) is 10.0 Å². The van der Waals surface area contributed by atoms with Gasteiger partial charge in [-0.1, -0.05) is 29.8 Å². The fraction of sp³-hybridized carbons (Fsp3) is 0.0870. The van der Waals surface area contributed by atoms with Crippen LogP contribution < -0.4 is 14.9 Å². The van der Waals surface area contributed by atoms with Crippen molar-refractivity contribution in [2.75, 3.05) is 11.8 Å². The van der Waals surface area contributed by atoms with E-state index < -0.39 is 10.0 Å². The summed E-state index contributed by atoms with van der Waals surface area (Å²) >= 11 is 0. The van der Waals surface area contributed by atoms with E-state index in [1.165, 1.54) is 25.3 Å². The predicted molar refractivity (Wildman–Crippen MR) is 116 cm³/mol. The number of anilines is 1. The first kappa shape index (κ1) is 19.7. The Labute approximate surface area is 173 Å². The molecule has 0 saturated carbocycles. The molecule has 0 spiro atoms. The Morgan fingerprint density at radius 3 is 2.40 bits per heavy atom. The Hall–Kier alpha value is -3.58. The van der Waals surface area contributed by atoms with Crippen molar-refractivity contribution in [1.29, 1.82) is 0 Å². The molecule has 3 aromatic carbocycles. The van der Waals surface area contributed by atoms with Crippen molar-refractivity contribution in [2.24, 2.45) is 0 Å². The minimum Gasteiger partial charge on any atom is -0.495 e. The van der Waals surface area contributed by atoms with Crippen LogP contribution in [0, 0.1) is 6.92 Å². The molecular weight excluding hydrogens is 402 g/mol. The van der Waals surface area contributed by atoms with Gasteiger partial charge in [-0.2, -0.15) is 0 Å². The number of rotatable bonds is 5. The van der Waals surface area contributed by atoms with E-state index >= 15 is 0 Å². The minimum atomic E-state index is -3.95. The maximum Gasteiger partial charge on any atom is 0.265 e. The van der Waals surface area contributed by atoms with Crippen LogP contribution in [0.15, 0.2) is 86.9 Å². The molecule has 7 heteroatoms. The van der Waals surface area contributed by atoms with Crippen molar-refractivity contribution >= 4 is 26.7 Å². The zero-order valence-electron chi connectivity index (χ0n) is 16.4. The van der Waals surface area contributed by atoms with E-state index in [9.17, 15) is 13.2 Å². The quantitative estimate of drug-likeness (QED) is 0.510. The summed E-state index contributed by atoms with van der Waals surface area (Å²) in [5.74, 6) is 0.453. The van der Waals surface area contributed by atoms with Gasteiger partial charge >= 0.3 is 0 Å². The van der Waals surface area contributed by atoms with Crippen LogP contribution in [0.1, 0.15) is 5.56 Å². The number of ether oxygens (including phenoxy) is 1. The molecule has 6 nitrogen and oxygen atoms in total. The maximum atomic E-state index is 13.0. The van der Waals surface area contributed by atoms with Crippen molar-refractivity contribution in [1.82, 2.24) is 0 Å². The van der Waals surface area contributed by atoms with E-state index in [1.54, 1.807) is 42.5 Å². The molecule has 0 amide bonds. The zero-order valence-corrected chi connectivity index (χ0v) is 17.2. The van der Waals surface area contributed by atoms with Crippen molar-refractivity contribution < 1.29 is 17.6 Å². The van der Waals surface area contributed by atoms with Gasteiger partial charge in [-0.3, -0.25) is 9.52 Å². The topological polar surface area (TPSA) is 85.6 Å². The van der Waals surface area contributed by atoms with Gasteiger partial charge in [0, 0.05) is 17.3 Å². The van der Waals surface area contributed by atoms with Crippen LogP contribution in [0.5, 0.6) is 5.75 Å². The summed E-state index contributed by atoms with van der Waals surface area (Å²) in [6.45, 7) is 1.92. The molecule has 0 atom stereocenters. The molecule has 0 radical (unpaired) electrons. The fourth-order valence-electron chi connectivity index (χ4n) is 3.12. The first-order chi connectivity index (χ1) is 14.4. The smallest absolute Gasteiger partial charge is 0.265 e. The van der Waals surface area contributed by atoms with E-state index in [2.05, 4.69) is 4.72 Å². The van der Waals surface area contributed by atoms with E-state index in [-0.39, 0.29) is 21.8 Å². The number of para-hydroxylation sites is 1. The van der Waals surface area contributed by atoms with Gasteiger partial charge in [0.2, 0.25) is 0 Å². The molecule has 0 fully saturated rings. The summed E-state index contributed by atoms with van der Waals surface area (Å²) in [4.78, 5) is 12.4. The molecule has 30 heavy (non-hydrogen) atoms. The third-order valence-electron chi connectivity index (χ3n) is 4.68. The van der Waals surface area contributed by atoms with Gasteiger partial charge < -0.3 is 9.15 Å². The van der Waals surface area contributed by atoms with E-state index in [1.807, 2.05) is 19.1 Å². The fourth-order valence-corrected chi connectivity index (χ4v) is 4.37. The Balaban J connectivity index is 1.81. The average molecular weight is 421 g/mol. The monoisotopic (exact) mass is 421 g/mol. The first-order valence-corrected chi connectivity index (χ1v) is 10.7. The highest BCUT2D eigenvalue weighted by molar-refractivity contribution is 7.92. The third-order valence-corrected chi connectivity index (χ3v) is 6.08. The average Bonchev–Trinajstić information content (AvgIpc) is 2.75. The van der Waals surface area contributed by atoms with Crippen LogP contribution in [0.4, 0.5) is 5.69 Å². The molecule has 4 rings (SSSR count). The highest BCUT2D eigenvalue weighted by Gasteiger charge is 2.21. The lowest BCUT2D eigenvalue weighted by molar-refractivity contribution is 0.403. The molecule has 152 valence electrons. The summed E-state index contributed by atoms with van der Waals surface area (Å²) in [5, 5.41) is 0.462. The second-order valence-electron chi connectivity index (χ2n) is 6.81. The summed E-state index contributed by atoms with van der Waals surface area (Å²) in [6, 6.07) is 19.9. The Kier molecular flexibility index (Phi) is 5.05. The zero-order chi connectivity index (χ0) is 21.3. The van der Waals surface area contributed by atoms with Crippen LogP contribution in [0.3, 0.4) is 0 Å². The number of hydrogen-bond acceptors (Lipinski definition) is 5. The standard InChI is InChI=1S/C23H19NO5S/c1-15-7-10-17(11-8-15)24-30(26,27)23-13-16(9-12-21(23)28-2)22-14-19(25)18-5-3-4-6-20(18)29-22/h3-14,24H,1-2H3. The molecule has 4 aromatic rings. The summed E-state index contributed by atoms with van der Waals surface area (Å²) < 4.78 is 39.8. The van der Waals surface area contributed by atoms with Crippen molar-refractivity contribution in [3.05, 3.63) is 88.6 Å². The van der Waals surface area contributed by atoms with Gasteiger partial charge in [-0.15, -0.1) is 0 Å². The van der Waals surface area contributed by atoms with Crippen LogP contribution in [0.2, 0.25) is 0 Å². The van der Waals surface area contributed by atoms with Gasteiger partial charge in [0.05, 0.1) is 12.5 Å². The molecule has 1 aromatic heterocycles. The number of aryl methyl sites for hydroxylation is 1. The second kappa shape index (κ2) is 7.68. The van der Waals surface area contributed by atoms with Crippen molar-refractivity contribution in [3.63, 3.8) is 0 Å². The molecule has 1 N–H and O–H groups in total. The van der Waals surface area contributed by atoms with Crippen LogP contribution in [0.25, 0.3) is 22.3 Å². The number of sulfonamides is 1. The Morgan fingerprint density at radius 1 is 0.933 bits per heavy atom. The Bertz CT molecular complexity index is 1390. The highest BCUT2D eigenvalue weighted by atomic mass is 32.2. The summed E-state index contributed by atoms with van der Waals surface area (Å²) in [7, 11) is -2.55. The van der Waals surface area contributed by atoms with Gasteiger partial charge in [0.25, 0.3) is 10.0 Å². The van der Waals surface area contributed by atoms with Gasteiger partial charge in [-0.25, -0.2) is 8.42 Å². The molecule has 0 aliphatic rings. The second-order valence-corrected chi connectivity index (χ2v) is 8.46. The first-order valence-electron chi connectivity index (χ1n) is 9.18. The molecule has 0 aliphatic carbocycles. The van der Waals surface area contributed by atoms with Crippen LogP contribution in [-0.4, -0.2) is 15.5 Å². The van der Waals surface area contributed by atoms with Gasteiger partial charge in [0.1, 0.15) is 22.0 Å². The number of methoxy groups -OCH3 is 1. The normalized spacial score (nSPS) is 11.4. The van der Waals surface area contributed by atoms with Gasteiger partial charge in [-0.05, 0) is 49.4 Å².